The monoisotopic (exact) mass is 392 g/mol. The molecule has 2 atom stereocenters. The lowest BCUT2D eigenvalue weighted by molar-refractivity contribution is -0.175. The molecule has 1 aliphatic rings. The quantitative estimate of drug-likeness (QED) is 0.818. The number of hydrogen-bond donors (Lipinski definition) is 2. The van der Waals surface area contributed by atoms with Crippen molar-refractivity contribution >= 4 is 28.4 Å². The summed E-state index contributed by atoms with van der Waals surface area (Å²) in [5.74, 6) is -3.02. The summed E-state index contributed by atoms with van der Waals surface area (Å²) in [6, 6.07) is 5.88. The number of para-hydroxylation sites is 1. The number of alkyl halides is 3. The number of nitrogens with zero attached hydrogens (tertiary/aromatic N) is 1. The maximum atomic E-state index is 12.9. The van der Waals surface area contributed by atoms with Gasteiger partial charge in [-0.05, 0) is 37.8 Å². The molecule has 28 heavy (non-hydrogen) atoms. The third kappa shape index (κ3) is 4.16. The topological polar surface area (TPSA) is 79.3 Å². The Hall–Kier alpha value is -2.90. The molecule has 3 rings (SSSR count). The van der Waals surface area contributed by atoms with E-state index < -0.39 is 30.0 Å². The second-order valence-electron chi connectivity index (χ2n) is 6.88. The maximum Gasteiger partial charge on any atom is 0.392 e. The molecule has 1 aliphatic carbocycles. The van der Waals surface area contributed by atoms with Gasteiger partial charge in [-0.3, -0.25) is 14.6 Å². The van der Waals surface area contributed by atoms with Gasteiger partial charge in [-0.15, -0.1) is 0 Å². The molecule has 0 fully saturated rings. The fraction of sp³-hybridized carbons (Fsp3) is 0.350. The van der Waals surface area contributed by atoms with Crippen LogP contribution >= 0.6 is 0 Å². The lowest BCUT2D eigenvalue weighted by Crippen LogP contribution is -2.38. The van der Waals surface area contributed by atoms with Gasteiger partial charge in [-0.1, -0.05) is 24.3 Å². The predicted octanol–water partition coefficient (Wildman–Crippen LogP) is 4.18. The lowest BCUT2D eigenvalue weighted by atomic mass is 9.85. The Morgan fingerprint density at radius 1 is 1.32 bits per heavy atom. The summed E-state index contributed by atoms with van der Waals surface area (Å²) in [6.45, 7) is 1.36. The van der Waals surface area contributed by atoms with Crippen LogP contribution in [0.5, 0.6) is 0 Å². The number of halogens is 3. The van der Waals surface area contributed by atoms with Gasteiger partial charge < -0.3 is 10.4 Å². The van der Waals surface area contributed by atoms with Crippen molar-refractivity contribution < 1.29 is 27.9 Å². The molecule has 5 nitrogen and oxygen atoms in total. The standard InChI is InChI=1S/C20H19F3N2O3/c1-11(19(27)28)25-18(26)14-9-13-3-2-4-16(17(13)24-10-14)12-5-7-15(8-6-12)20(21,22)23/h2-5,9-11,15H,6-8H2,1H3,(H,25,26)(H,27,28)/t11-,15+/m1/s1. The average Bonchev–Trinajstić information content (AvgIpc) is 2.66. The third-order valence-electron chi connectivity index (χ3n) is 4.91. The molecule has 0 saturated heterocycles. The van der Waals surface area contributed by atoms with Crippen LogP contribution in [0.4, 0.5) is 13.2 Å². The van der Waals surface area contributed by atoms with E-state index in [1.54, 1.807) is 30.3 Å². The second kappa shape index (κ2) is 7.61. The van der Waals surface area contributed by atoms with E-state index in [0.29, 0.717) is 17.3 Å². The number of aromatic nitrogens is 1. The number of carboxylic acids is 1. The Balaban J connectivity index is 1.88. The molecular weight excluding hydrogens is 373 g/mol. The highest BCUT2D eigenvalue weighted by Crippen LogP contribution is 2.40. The number of carbonyl (C=O) groups is 2. The molecule has 0 aliphatic heterocycles. The van der Waals surface area contributed by atoms with E-state index in [2.05, 4.69) is 10.3 Å². The number of carboxylic acid groups (broad SMARTS) is 1. The highest BCUT2D eigenvalue weighted by atomic mass is 19.4. The minimum atomic E-state index is -4.19. The van der Waals surface area contributed by atoms with Crippen LogP contribution in [-0.4, -0.2) is 34.2 Å². The number of hydrogen-bond acceptors (Lipinski definition) is 3. The third-order valence-corrected chi connectivity index (χ3v) is 4.91. The molecule has 1 aromatic carbocycles. The van der Waals surface area contributed by atoms with Gasteiger partial charge in [-0.2, -0.15) is 13.2 Å². The summed E-state index contributed by atoms with van der Waals surface area (Å²) in [7, 11) is 0. The van der Waals surface area contributed by atoms with E-state index in [1.165, 1.54) is 13.1 Å². The van der Waals surface area contributed by atoms with E-state index in [-0.39, 0.29) is 18.4 Å². The highest BCUT2D eigenvalue weighted by molar-refractivity contribution is 6.00. The summed E-state index contributed by atoms with van der Waals surface area (Å²) in [6.07, 6.45) is -0.926. The minimum Gasteiger partial charge on any atom is -0.480 e. The van der Waals surface area contributed by atoms with Crippen molar-refractivity contribution in [3.8, 4) is 0 Å². The van der Waals surface area contributed by atoms with E-state index in [4.69, 9.17) is 5.11 Å². The maximum absolute atomic E-state index is 12.9. The fourth-order valence-electron chi connectivity index (χ4n) is 3.26. The number of allylic oxidation sites excluding steroid dienone is 2. The predicted molar refractivity (Wildman–Crippen MR) is 97.7 cm³/mol. The number of aliphatic carboxylic acids is 1. The van der Waals surface area contributed by atoms with Crippen molar-refractivity contribution in [1.82, 2.24) is 10.3 Å². The van der Waals surface area contributed by atoms with Gasteiger partial charge in [0, 0.05) is 17.1 Å². The zero-order valence-corrected chi connectivity index (χ0v) is 15.1. The molecule has 0 radical (unpaired) electrons. The fourth-order valence-corrected chi connectivity index (χ4v) is 3.26. The Bertz CT molecular complexity index is 953. The van der Waals surface area contributed by atoms with Crippen LogP contribution < -0.4 is 5.32 Å². The normalized spacial score (nSPS) is 18.4. The SMILES string of the molecule is C[C@@H](NC(=O)c1cnc2c(C3=CC[C@H](C(F)(F)F)CC3)cccc2c1)C(=O)O. The molecule has 0 saturated carbocycles. The minimum absolute atomic E-state index is 0.0410. The molecule has 2 aromatic rings. The van der Waals surface area contributed by atoms with Crippen LogP contribution in [0.15, 0.2) is 36.5 Å². The molecule has 2 N–H and O–H groups in total. The van der Waals surface area contributed by atoms with Crippen molar-refractivity contribution in [2.24, 2.45) is 5.92 Å². The summed E-state index contributed by atoms with van der Waals surface area (Å²) in [5, 5.41) is 11.9. The number of rotatable bonds is 4. The van der Waals surface area contributed by atoms with Gasteiger partial charge in [0.05, 0.1) is 17.0 Å². The Morgan fingerprint density at radius 3 is 2.68 bits per heavy atom. The molecule has 1 aromatic heterocycles. The largest absolute Gasteiger partial charge is 0.480 e. The Morgan fingerprint density at radius 2 is 2.07 bits per heavy atom. The van der Waals surface area contributed by atoms with Crippen LogP contribution in [0.3, 0.4) is 0 Å². The van der Waals surface area contributed by atoms with Gasteiger partial charge in [0.25, 0.3) is 5.91 Å². The number of carbonyl (C=O) groups excluding carboxylic acids is 1. The van der Waals surface area contributed by atoms with Crippen molar-refractivity contribution in [3.63, 3.8) is 0 Å². The molecule has 0 bridgehead atoms. The number of fused-ring (bicyclic) bond motifs is 1. The van der Waals surface area contributed by atoms with Gasteiger partial charge >= 0.3 is 12.1 Å². The molecule has 1 heterocycles. The van der Waals surface area contributed by atoms with E-state index in [0.717, 1.165) is 11.1 Å². The van der Waals surface area contributed by atoms with Crippen LogP contribution in [0, 0.1) is 5.92 Å². The smallest absolute Gasteiger partial charge is 0.392 e. The summed E-state index contributed by atoms with van der Waals surface area (Å²) >= 11 is 0. The van der Waals surface area contributed by atoms with Gasteiger partial charge in [0.15, 0.2) is 0 Å². The number of amides is 1. The second-order valence-corrected chi connectivity index (χ2v) is 6.88. The number of benzene rings is 1. The summed E-state index contributed by atoms with van der Waals surface area (Å²) in [4.78, 5) is 27.4. The number of pyridine rings is 1. The van der Waals surface area contributed by atoms with E-state index in [1.807, 2.05) is 0 Å². The molecule has 1 amide bonds. The van der Waals surface area contributed by atoms with Crippen molar-refractivity contribution in [1.29, 1.82) is 0 Å². The first-order valence-electron chi connectivity index (χ1n) is 8.85. The zero-order chi connectivity index (χ0) is 20.5. The van der Waals surface area contributed by atoms with Crippen LogP contribution in [0.2, 0.25) is 0 Å². The molecular formula is C20H19F3N2O3. The van der Waals surface area contributed by atoms with Crippen LogP contribution in [-0.2, 0) is 4.79 Å². The first-order chi connectivity index (χ1) is 13.2. The Labute approximate surface area is 159 Å². The first-order valence-corrected chi connectivity index (χ1v) is 8.85. The van der Waals surface area contributed by atoms with Gasteiger partial charge in [-0.25, -0.2) is 0 Å². The molecule has 0 unspecified atom stereocenters. The van der Waals surface area contributed by atoms with Crippen molar-refractivity contribution in [3.05, 3.63) is 47.7 Å². The van der Waals surface area contributed by atoms with Crippen molar-refractivity contribution in [2.75, 3.05) is 0 Å². The molecule has 0 spiro atoms. The van der Waals surface area contributed by atoms with Crippen molar-refractivity contribution in [2.45, 2.75) is 38.4 Å². The Kier molecular flexibility index (Phi) is 5.40. The molecule has 148 valence electrons. The lowest BCUT2D eigenvalue weighted by Gasteiger charge is -2.24. The van der Waals surface area contributed by atoms with E-state index >= 15 is 0 Å². The van der Waals surface area contributed by atoms with Gasteiger partial charge in [0.2, 0.25) is 0 Å². The van der Waals surface area contributed by atoms with Crippen LogP contribution in [0.1, 0.15) is 42.1 Å². The highest BCUT2D eigenvalue weighted by Gasteiger charge is 2.39. The number of nitrogens with one attached hydrogen (secondary N) is 1. The first kappa shape index (κ1) is 19.9. The van der Waals surface area contributed by atoms with E-state index in [9.17, 15) is 22.8 Å². The van der Waals surface area contributed by atoms with Gasteiger partial charge in [0.1, 0.15) is 6.04 Å². The average molecular weight is 392 g/mol. The zero-order valence-electron chi connectivity index (χ0n) is 15.1. The summed E-state index contributed by atoms with van der Waals surface area (Å²) in [5.41, 5.74) is 2.38. The summed E-state index contributed by atoms with van der Waals surface area (Å²) < 4.78 is 38.6. The van der Waals surface area contributed by atoms with Crippen LogP contribution in [0.25, 0.3) is 16.5 Å². The molecule has 8 heteroatoms.